The number of hydrogen-bond acceptors (Lipinski definition) is 3. The van der Waals surface area contributed by atoms with Crippen LogP contribution in [0.1, 0.15) is 51.9 Å². The van der Waals surface area contributed by atoms with Gasteiger partial charge in [-0.15, -0.1) is 0 Å². The fourth-order valence-electron chi connectivity index (χ4n) is 3.30. The van der Waals surface area contributed by atoms with Crippen LogP contribution in [0.5, 0.6) is 0 Å². The lowest BCUT2D eigenvalue weighted by Crippen LogP contribution is -2.43. The second-order valence-electron chi connectivity index (χ2n) is 6.19. The topological polar surface area (TPSA) is 55.6 Å². The predicted molar refractivity (Wildman–Crippen MR) is 75.8 cm³/mol. The molecule has 2 aliphatic carbocycles. The van der Waals surface area contributed by atoms with Gasteiger partial charge in [-0.2, -0.15) is 0 Å². The first kappa shape index (κ1) is 14.8. The van der Waals surface area contributed by atoms with E-state index in [2.05, 4.69) is 0 Å². The van der Waals surface area contributed by atoms with Crippen LogP contribution in [0, 0.1) is 5.92 Å². The Morgan fingerprint density at radius 3 is 2.47 bits per heavy atom. The molecular weight excluding hydrogens is 240 g/mol. The molecule has 19 heavy (non-hydrogen) atoms. The zero-order valence-electron chi connectivity index (χ0n) is 12.3. The molecule has 110 valence electrons. The van der Waals surface area contributed by atoms with E-state index in [0.717, 1.165) is 45.1 Å². The second kappa shape index (κ2) is 6.71. The Kier molecular flexibility index (Phi) is 5.22. The molecule has 2 saturated carbocycles. The quantitative estimate of drug-likeness (QED) is 0.829. The van der Waals surface area contributed by atoms with Crippen molar-refractivity contribution in [1.82, 2.24) is 4.90 Å². The minimum atomic E-state index is 0.306. The van der Waals surface area contributed by atoms with Crippen LogP contribution >= 0.6 is 0 Å². The number of ether oxygens (including phenoxy) is 1. The number of nitrogens with two attached hydrogens (primary N) is 1. The van der Waals surface area contributed by atoms with E-state index in [1.54, 1.807) is 0 Å². The summed E-state index contributed by atoms with van der Waals surface area (Å²) in [6.07, 6.45) is 7.46. The number of rotatable bonds is 5. The van der Waals surface area contributed by atoms with Crippen LogP contribution in [-0.2, 0) is 9.53 Å². The third-order valence-electron chi connectivity index (χ3n) is 4.74. The van der Waals surface area contributed by atoms with Crippen molar-refractivity contribution in [2.45, 2.75) is 70.1 Å². The first-order valence-electron chi connectivity index (χ1n) is 7.73. The van der Waals surface area contributed by atoms with Gasteiger partial charge in [-0.25, -0.2) is 0 Å². The molecular formula is C15H28N2O2. The molecule has 0 aliphatic heterocycles. The van der Waals surface area contributed by atoms with Gasteiger partial charge in [0.05, 0.1) is 6.10 Å². The average molecular weight is 268 g/mol. The highest BCUT2D eigenvalue weighted by Gasteiger charge is 2.33. The van der Waals surface area contributed by atoms with Crippen molar-refractivity contribution >= 4 is 5.91 Å². The molecule has 2 aliphatic rings. The van der Waals surface area contributed by atoms with Gasteiger partial charge in [0.15, 0.2) is 0 Å². The summed E-state index contributed by atoms with van der Waals surface area (Å²) in [6.45, 7) is 2.81. The third-order valence-corrected chi connectivity index (χ3v) is 4.74. The van der Waals surface area contributed by atoms with Gasteiger partial charge >= 0.3 is 0 Å². The van der Waals surface area contributed by atoms with Crippen LogP contribution in [0.15, 0.2) is 0 Å². The van der Waals surface area contributed by atoms with Crippen LogP contribution in [-0.4, -0.2) is 42.6 Å². The Bertz CT molecular complexity index is 295. The molecule has 0 atom stereocenters. The molecule has 0 aromatic heterocycles. The number of carbonyl (C=O) groups is 1. The van der Waals surface area contributed by atoms with Gasteiger partial charge in [0.25, 0.3) is 0 Å². The molecule has 4 nitrogen and oxygen atoms in total. The number of nitrogens with zero attached hydrogens (tertiary/aromatic N) is 1. The minimum absolute atomic E-state index is 0.306. The Balaban J connectivity index is 1.68. The summed E-state index contributed by atoms with van der Waals surface area (Å²) in [5.74, 6) is 0.845. The van der Waals surface area contributed by atoms with Crippen LogP contribution in [0.2, 0.25) is 0 Å². The van der Waals surface area contributed by atoms with Gasteiger partial charge in [0.2, 0.25) is 5.91 Å². The maximum Gasteiger partial charge on any atom is 0.222 e. The molecule has 0 bridgehead atoms. The molecule has 0 saturated heterocycles. The molecule has 2 fully saturated rings. The highest BCUT2D eigenvalue weighted by Crippen LogP contribution is 2.33. The van der Waals surface area contributed by atoms with E-state index in [-0.39, 0.29) is 0 Å². The Hall–Kier alpha value is -0.610. The summed E-state index contributed by atoms with van der Waals surface area (Å²) in [5.41, 5.74) is 5.91. The third kappa shape index (κ3) is 3.93. The van der Waals surface area contributed by atoms with Gasteiger partial charge in [0, 0.05) is 32.2 Å². The SMILES string of the molecule is CCOC1CC(CC(=O)N(C)C2CCC(N)CC2)C1. The molecule has 0 radical (unpaired) electrons. The highest BCUT2D eigenvalue weighted by atomic mass is 16.5. The van der Waals surface area contributed by atoms with Gasteiger partial charge in [-0.3, -0.25) is 4.79 Å². The predicted octanol–water partition coefficient (Wildman–Crippen LogP) is 1.92. The van der Waals surface area contributed by atoms with Gasteiger partial charge < -0.3 is 15.4 Å². The molecule has 0 heterocycles. The molecule has 0 unspecified atom stereocenters. The molecule has 0 spiro atoms. The Labute approximate surface area is 116 Å². The minimum Gasteiger partial charge on any atom is -0.378 e. The molecule has 0 aromatic carbocycles. The summed E-state index contributed by atoms with van der Waals surface area (Å²) in [4.78, 5) is 14.2. The van der Waals surface area contributed by atoms with Crippen molar-refractivity contribution < 1.29 is 9.53 Å². The number of hydrogen-bond donors (Lipinski definition) is 1. The van der Waals surface area contributed by atoms with Crippen LogP contribution in [0.25, 0.3) is 0 Å². The zero-order chi connectivity index (χ0) is 13.8. The van der Waals surface area contributed by atoms with Crippen molar-refractivity contribution in [2.24, 2.45) is 11.7 Å². The zero-order valence-corrected chi connectivity index (χ0v) is 12.3. The van der Waals surface area contributed by atoms with E-state index in [1.807, 2.05) is 18.9 Å². The van der Waals surface area contributed by atoms with Crippen LogP contribution < -0.4 is 5.73 Å². The molecule has 4 heteroatoms. The molecule has 1 amide bonds. The maximum absolute atomic E-state index is 12.2. The lowest BCUT2D eigenvalue weighted by Gasteiger charge is -2.38. The molecule has 2 rings (SSSR count). The standard InChI is InChI=1S/C15H28N2O2/c1-3-19-14-8-11(9-14)10-15(18)17(2)13-6-4-12(16)5-7-13/h11-14H,3-10,16H2,1-2H3. The van der Waals surface area contributed by atoms with Crippen LogP contribution in [0.4, 0.5) is 0 Å². The number of amides is 1. The van der Waals surface area contributed by atoms with E-state index in [4.69, 9.17) is 10.5 Å². The van der Waals surface area contributed by atoms with Crippen molar-refractivity contribution in [3.63, 3.8) is 0 Å². The summed E-state index contributed by atoms with van der Waals surface area (Å²) < 4.78 is 5.54. The van der Waals surface area contributed by atoms with Crippen LogP contribution in [0.3, 0.4) is 0 Å². The second-order valence-corrected chi connectivity index (χ2v) is 6.19. The largest absolute Gasteiger partial charge is 0.378 e. The summed E-state index contributed by atoms with van der Waals surface area (Å²) in [6, 6.07) is 0.758. The first-order valence-corrected chi connectivity index (χ1v) is 7.73. The monoisotopic (exact) mass is 268 g/mol. The Morgan fingerprint density at radius 2 is 1.89 bits per heavy atom. The maximum atomic E-state index is 12.2. The fourth-order valence-corrected chi connectivity index (χ4v) is 3.30. The highest BCUT2D eigenvalue weighted by molar-refractivity contribution is 5.76. The number of carbonyl (C=O) groups excluding carboxylic acids is 1. The lowest BCUT2D eigenvalue weighted by molar-refractivity contribution is -0.135. The van der Waals surface area contributed by atoms with Gasteiger partial charge in [-0.1, -0.05) is 0 Å². The first-order chi connectivity index (χ1) is 9.10. The van der Waals surface area contributed by atoms with E-state index < -0.39 is 0 Å². The van der Waals surface area contributed by atoms with Crippen molar-refractivity contribution in [3.8, 4) is 0 Å². The van der Waals surface area contributed by atoms with Crippen molar-refractivity contribution in [2.75, 3.05) is 13.7 Å². The Morgan fingerprint density at radius 1 is 1.26 bits per heavy atom. The smallest absolute Gasteiger partial charge is 0.222 e. The van der Waals surface area contributed by atoms with E-state index in [1.165, 1.54) is 0 Å². The van der Waals surface area contributed by atoms with Crippen molar-refractivity contribution in [1.29, 1.82) is 0 Å². The molecule has 0 aromatic rings. The average Bonchev–Trinajstić information content (AvgIpc) is 2.36. The van der Waals surface area contributed by atoms with E-state index in [0.29, 0.717) is 36.4 Å². The van der Waals surface area contributed by atoms with Gasteiger partial charge in [0.1, 0.15) is 0 Å². The van der Waals surface area contributed by atoms with E-state index >= 15 is 0 Å². The normalized spacial score (nSPS) is 34.7. The van der Waals surface area contributed by atoms with Crippen molar-refractivity contribution in [3.05, 3.63) is 0 Å². The van der Waals surface area contributed by atoms with Gasteiger partial charge in [-0.05, 0) is 51.4 Å². The summed E-state index contributed by atoms with van der Waals surface area (Å²) in [7, 11) is 1.96. The summed E-state index contributed by atoms with van der Waals surface area (Å²) in [5, 5.41) is 0. The molecule has 2 N–H and O–H groups in total. The summed E-state index contributed by atoms with van der Waals surface area (Å²) >= 11 is 0. The lowest BCUT2D eigenvalue weighted by atomic mass is 9.79. The fraction of sp³-hybridized carbons (Fsp3) is 0.933. The van der Waals surface area contributed by atoms with E-state index in [9.17, 15) is 4.79 Å².